The summed E-state index contributed by atoms with van der Waals surface area (Å²) in [6, 6.07) is 4.19. The Balaban J connectivity index is 1.82. The van der Waals surface area contributed by atoms with Crippen molar-refractivity contribution in [3.63, 3.8) is 0 Å². The number of rotatable bonds is 7. The van der Waals surface area contributed by atoms with Crippen LogP contribution < -0.4 is 5.32 Å². The Morgan fingerprint density at radius 3 is 2.95 bits per heavy atom. The molecule has 2 N–H and O–H groups in total. The predicted molar refractivity (Wildman–Crippen MR) is 81.7 cm³/mol. The summed E-state index contributed by atoms with van der Waals surface area (Å²) in [4.78, 5) is 4.42. The molecule has 0 saturated heterocycles. The first-order chi connectivity index (χ1) is 9.52. The van der Waals surface area contributed by atoms with Crippen LogP contribution in [0.3, 0.4) is 0 Å². The van der Waals surface area contributed by atoms with Gasteiger partial charge < -0.3 is 14.8 Å². The molecular formula is C16H25N3O. The third-order valence-electron chi connectivity index (χ3n) is 3.69. The van der Waals surface area contributed by atoms with Crippen LogP contribution in [0.5, 0.6) is 0 Å². The third-order valence-corrected chi connectivity index (χ3v) is 3.69. The summed E-state index contributed by atoms with van der Waals surface area (Å²) in [6.07, 6.45) is 6.11. The number of aryl methyl sites for hydroxylation is 1. The van der Waals surface area contributed by atoms with Crippen molar-refractivity contribution in [3.8, 4) is 0 Å². The van der Waals surface area contributed by atoms with Crippen molar-refractivity contribution in [2.45, 2.75) is 40.2 Å². The lowest BCUT2D eigenvalue weighted by Gasteiger charge is -2.21. The molecular weight excluding hydrogens is 250 g/mol. The number of aliphatic hydroxyl groups excluding tert-OH is 1. The maximum atomic E-state index is 9.21. The average Bonchev–Trinajstić information content (AvgIpc) is 2.80. The van der Waals surface area contributed by atoms with Crippen molar-refractivity contribution in [1.29, 1.82) is 0 Å². The molecule has 0 aliphatic rings. The maximum Gasteiger partial charge on any atom is 0.137 e. The van der Waals surface area contributed by atoms with Gasteiger partial charge in [-0.15, -0.1) is 0 Å². The first kappa shape index (κ1) is 15.0. The monoisotopic (exact) mass is 275 g/mol. The number of fused-ring (bicyclic) bond motifs is 1. The molecule has 4 heteroatoms. The van der Waals surface area contributed by atoms with Crippen LogP contribution in [0, 0.1) is 12.3 Å². The van der Waals surface area contributed by atoms with Gasteiger partial charge in [0.05, 0.1) is 11.9 Å². The highest BCUT2D eigenvalue weighted by Crippen LogP contribution is 2.20. The van der Waals surface area contributed by atoms with Gasteiger partial charge in [0.1, 0.15) is 5.65 Å². The van der Waals surface area contributed by atoms with Gasteiger partial charge in [-0.3, -0.25) is 0 Å². The fourth-order valence-electron chi connectivity index (χ4n) is 2.25. The molecule has 0 fully saturated rings. The molecule has 20 heavy (non-hydrogen) atoms. The van der Waals surface area contributed by atoms with Crippen LogP contribution in [-0.2, 0) is 6.54 Å². The number of aromatic nitrogens is 2. The van der Waals surface area contributed by atoms with E-state index in [1.807, 2.05) is 6.20 Å². The van der Waals surface area contributed by atoms with Crippen LogP contribution in [0.1, 0.15) is 37.9 Å². The van der Waals surface area contributed by atoms with Crippen molar-refractivity contribution in [3.05, 3.63) is 35.8 Å². The lowest BCUT2D eigenvalue weighted by Crippen LogP contribution is -2.21. The van der Waals surface area contributed by atoms with Gasteiger partial charge in [-0.1, -0.05) is 13.8 Å². The normalized spacial score (nSPS) is 12.2. The molecule has 2 aromatic heterocycles. The zero-order valence-electron chi connectivity index (χ0n) is 12.7. The van der Waals surface area contributed by atoms with Crippen LogP contribution in [0.25, 0.3) is 5.65 Å². The van der Waals surface area contributed by atoms with E-state index in [0.717, 1.165) is 31.6 Å². The summed E-state index contributed by atoms with van der Waals surface area (Å²) in [5.41, 5.74) is 3.45. The summed E-state index contributed by atoms with van der Waals surface area (Å²) in [7, 11) is 0. The van der Waals surface area contributed by atoms with E-state index in [2.05, 4.69) is 53.8 Å². The van der Waals surface area contributed by atoms with Gasteiger partial charge in [0.25, 0.3) is 0 Å². The fraction of sp³-hybridized carbons (Fsp3) is 0.562. The van der Waals surface area contributed by atoms with E-state index in [1.165, 1.54) is 11.3 Å². The van der Waals surface area contributed by atoms with Crippen molar-refractivity contribution < 1.29 is 5.11 Å². The highest BCUT2D eigenvalue weighted by Gasteiger charge is 2.15. The highest BCUT2D eigenvalue weighted by atomic mass is 16.3. The van der Waals surface area contributed by atoms with E-state index in [0.29, 0.717) is 0 Å². The SMILES string of the molecule is Cc1ccn2c(CNCCCC(C)(C)CO)cnc2c1. The Morgan fingerprint density at radius 2 is 2.20 bits per heavy atom. The number of imidazole rings is 1. The minimum absolute atomic E-state index is 0.0303. The lowest BCUT2D eigenvalue weighted by molar-refractivity contribution is 0.148. The van der Waals surface area contributed by atoms with E-state index in [4.69, 9.17) is 0 Å². The van der Waals surface area contributed by atoms with Crippen LogP contribution in [0.15, 0.2) is 24.5 Å². The number of nitrogens with one attached hydrogen (secondary N) is 1. The second-order valence-corrected chi connectivity index (χ2v) is 6.28. The van der Waals surface area contributed by atoms with Crippen molar-refractivity contribution in [2.75, 3.05) is 13.2 Å². The summed E-state index contributed by atoms with van der Waals surface area (Å²) < 4.78 is 2.12. The molecule has 110 valence electrons. The molecule has 0 aliphatic carbocycles. The molecule has 2 aromatic rings. The van der Waals surface area contributed by atoms with E-state index in [-0.39, 0.29) is 12.0 Å². The number of pyridine rings is 1. The van der Waals surface area contributed by atoms with E-state index in [1.54, 1.807) is 0 Å². The van der Waals surface area contributed by atoms with Crippen molar-refractivity contribution in [1.82, 2.24) is 14.7 Å². The summed E-state index contributed by atoms with van der Waals surface area (Å²) in [5, 5.41) is 12.7. The largest absolute Gasteiger partial charge is 0.396 e. The van der Waals surface area contributed by atoms with Crippen LogP contribution in [0.2, 0.25) is 0 Å². The topological polar surface area (TPSA) is 49.6 Å². The van der Waals surface area contributed by atoms with E-state index < -0.39 is 0 Å². The van der Waals surface area contributed by atoms with Gasteiger partial charge in [0.2, 0.25) is 0 Å². The second-order valence-electron chi connectivity index (χ2n) is 6.28. The third kappa shape index (κ3) is 3.81. The number of hydrogen-bond acceptors (Lipinski definition) is 3. The van der Waals surface area contributed by atoms with Gasteiger partial charge >= 0.3 is 0 Å². The smallest absolute Gasteiger partial charge is 0.137 e. The Kier molecular flexibility index (Phi) is 4.78. The molecule has 2 rings (SSSR count). The summed E-state index contributed by atoms with van der Waals surface area (Å²) in [5.74, 6) is 0. The molecule has 0 unspecified atom stereocenters. The minimum atomic E-state index is 0.0303. The van der Waals surface area contributed by atoms with Crippen LogP contribution >= 0.6 is 0 Å². The zero-order chi connectivity index (χ0) is 14.6. The fourth-order valence-corrected chi connectivity index (χ4v) is 2.25. The van der Waals surface area contributed by atoms with E-state index in [9.17, 15) is 5.11 Å². The Hall–Kier alpha value is -1.39. The van der Waals surface area contributed by atoms with Crippen LogP contribution in [-0.4, -0.2) is 27.6 Å². The predicted octanol–water partition coefficient (Wildman–Crippen LogP) is 2.53. The maximum absolute atomic E-state index is 9.21. The molecule has 4 nitrogen and oxygen atoms in total. The number of nitrogens with zero attached hydrogens (tertiary/aromatic N) is 2. The first-order valence-corrected chi connectivity index (χ1v) is 7.26. The van der Waals surface area contributed by atoms with Gasteiger partial charge in [-0.25, -0.2) is 4.98 Å². The Morgan fingerprint density at radius 1 is 1.40 bits per heavy atom. The molecule has 0 amide bonds. The molecule has 0 saturated carbocycles. The zero-order valence-corrected chi connectivity index (χ0v) is 12.7. The molecule has 0 aromatic carbocycles. The highest BCUT2D eigenvalue weighted by molar-refractivity contribution is 5.42. The van der Waals surface area contributed by atoms with Gasteiger partial charge in [-0.2, -0.15) is 0 Å². The molecule has 0 bridgehead atoms. The first-order valence-electron chi connectivity index (χ1n) is 7.26. The quantitative estimate of drug-likeness (QED) is 0.763. The van der Waals surface area contributed by atoms with Gasteiger partial charge in [0, 0.05) is 19.3 Å². The number of aliphatic hydroxyl groups is 1. The van der Waals surface area contributed by atoms with E-state index >= 15 is 0 Å². The molecule has 0 radical (unpaired) electrons. The summed E-state index contributed by atoms with van der Waals surface area (Å²) in [6.45, 7) is 8.31. The Labute approximate surface area is 120 Å². The summed E-state index contributed by atoms with van der Waals surface area (Å²) >= 11 is 0. The van der Waals surface area contributed by atoms with Crippen molar-refractivity contribution in [2.24, 2.45) is 5.41 Å². The Bertz CT molecular complexity index is 560. The molecule has 0 spiro atoms. The standard InChI is InChI=1S/C16H25N3O/c1-13-5-8-19-14(11-18-15(19)9-13)10-17-7-4-6-16(2,3)12-20/h5,8-9,11,17,20H,4,6-7,10,12H2,1-3H3. The lowest BCUT2D eigenvalue weighted by atomic mass is 9.89. The second kappa shape index (κ2) is 6.37. The van der Waals surface area contributed by atoms with Gasteiger partial charge in [-0.05, 0) is 49.4 Å². The number of hydrogen-bond donors (Lipinski definition) is 2. The average molecular weight is 275 g/mol. The molecule has 0 atom stereocenters. The van der Waals surface area contributed by atoms with Crippen LogP contribution in [0.4, 0.5) is 0 Å². The minimum Gasteiger partial charge on any atom is -0.396 e. The van der Waals surface area contributed by atoms with Crippen molar-refractivity contribution >= 4 is 5.65 Å². The van der Waals surface area contributed by atoms with Gasteiger partial charge in [0.15, 0.2) is 0 Å². The molecule has 2 heterocycles. The molecule has 0 aliphatic heterocycles.